The van der Waals surface area contributed by atoms with E-state index in [1.807, 2.05) is 13.8 Å². The van der Waals surface area contributed by atoms with Gasteiger partial charge in [-0.1, -0.05) is 0 Å². The molecule has 0 spiro atoms. The molecule has 1 atom stereocenters. The number of aliphatic hydroxyl groups excluding tert-OH is 1. The number of aliphatic hydroxyl groups is 1. The number of nitrogens with zero attached hydrogens (tertiary/aromatic N) is 1. The van der Waals surface area contributed by atoms with Crippen LogP contribution >= 0.6 is 15.9 Å². The van der Waals surface area contributed by atoms with Crippen LogP contribution in [-0.4, -0.2) is 47.3 Å². The summed E-state index contributed by atoms with van der Waals surface area (Å²) >= 11 is 3.33. The standard InChI is InChI=1S/C14H19BrN2O3/c1-14(2)8-17(6-10(7-18)20-14)13(19)9-3-4-12(16)11(15)5-9/h3-5,10,18H,6-8,16H2,1-2H3. The number of hydrogen-bond acceptors (Lipinski definition) is 4. The van der Waals surface area contributed by atoms with Crippen LogP contribution in [0, 0.1) is 0 Å². The Balaban J connectivity index is 2.21. The van der Waals surface area contributed by atoms with Crippen LogP contribution in [0.4, 0.5) is 5.69 Å². The second kappa shape index (κ2) is 5.71. The van der Waals surface area contributed by atoms with Gasteiger partial charge in [-0.25, -0.2) is 0 Å². The normalized spacial score (nSPS) is 21.8. The molecule has 1 amide bonds. The molecule has 110 valence electrons. The maximum atomic E-state index is 12.5. The van der Waals surface area contributed by atoms with Crippen molar-refractivity contribution in [2.24, 2.45) is 0 Å². The molecule has 0 saturated carbocycles. The molecule has 1 aromatic rings. The van der Waals surface area contributed by atoms with Gasteiger partial charge >= 0.3 is 0 Å². The number of amides is 1. The number of carbonyl (C=O) groups excluding carboxylic acids is 1. The van der Waals surface area contributed by atoms with E-state index in [-0.39, 0.29) is 18.6 Å². The summed E-state index contributed by atoms with van der Waals surface area (Å²) in [6.07, 6.45) is -0.347. The van der Waals surface area contributed by atoms with Gasteiger partial charge in [-0.05, 0) is 48.0 Å². The Kier molecular flexibility index (Phi) is 4.36. The van der Waals surface area contributed by atoms with Crippen molar-refractivity contribution in [2.75, 3.05) is 25.4 Å². The fraction of sp³-hybridized carbons (Fsp3) is 0.500. The van der Waals surface area contributed by atoms with Crippen molar-refractivity contribution < 1.29 is 14.6 Å². The van der Waals surface area contributed by atoms with Crippen molar-refractivity contribution in [3.05, 3.63) is 28.2 Å². The van der Waals surface area contributed by atoms with E-state index < -0.39 is 5.60 Å². The predicted molar refractivity (Wildman–Crippen MR) is 80.5 cm³/mol. The molecule has 1 saturated heterocycles. The van der Waals surface area contributed by atoms with E-state index in [2.05, 4.69) is 15.9 Å². The van der Waals surface area contributed by atoms with Crippen molar-refractivity contribution in [1.82, 2.24) is 4.90 Å². The number of anilines is 1. The van der Waals surface area contributed by atoms with E-state index in [1.165, 1.54) is 0 Å². The number of morpholine rings is 1. The van der Waals surface area contributed by atoms with Crippen LogP contribution in [0.25, 0.3) is 0 Å². The third kappa shape index (κ3) is 3.31. The van der Waals surface area contributed by atoms with E-state index in [1.54, 1.807) is 23.1 Å². The third-order valence-electron chi connectivity index (χ3n) is 3.22. The second-order valence-corrected chi connectivity index (χ2v) is 6.46. The second-order valence-electron chi connectivity index (χ2n) is 5.60. The van der Waals surface area contributed by atoms with Crippen LogP contribution in [0.3, 0.4) is 0 Å². The molecule has 5 nitrogen and oxygen atoms in total. The quantitative estimate of drug-likeness (QED) is 0.801. The third-order valence-corrected chi connectivity index (χ3v) is 3.91. The first-order valence-corrected chi connectivity index (χ1v) is 7.24. The number of carbonyl (C=O) groups is 1. The highest BCUT2D eigenvalue weighted by Gasteiger charge is 2.35. The molecular formula is C14H19BrN2O3. The van der Waals surface area contributed by atoms with Gasteiger partial charge in [-0.3, -0.25) is 4.79 Å². The van der Waals surface area contributed by atoms with Crippen LogP contribution in [0.5, 0.6) is 0 Å². The van der Waals surface area contributed by atoms with E-state index >= 15 is 0 Å². The first kappa shape index (κ1) is 15.3. The minimum absolute atomic E-state index is 0.0828. The molecule has 0 bridgehead atoms. The van der Waals surface area contributed by atoms with Crippen molar-refractivity contribution in [3.63, 3.8) is 0 Å². The summed E-state index contributed by atoms with van der Waals surface area (Å²) in [6.45, 7) is 4.60. The number of halogens is 1. The van der Waals surface area contributed by atoms with Crippen LogP contribution in [-0.2, 0) is 4.74 Å². The fourth-order valence-corrected chi connectivity index (χ4v) is 2.77. The molecule has 0 radical (unpaired) electrons. The largest absolute Gasteiger partial charge is 0.398 e. The van der Waals surface area contributed by atoms with Crippen LogP contribution in [0.2, 0.25) is 0 Å². The average molecular weight is 343 g/mol. The summed E-state index contributed by atoms with van der Waals surface area (Å²) in [5.74, 6) is -0.0828. The highest BCUT2D eigenvalue weighted by molar-refractivity contribution is 9.10. The lowest BCUT2D eigenvalue weighted by atomic mass is 10.0. The molecule has 3 N–H and O–H groups in total. The molecule has 6 heteroatoms. The smallest absolute Gasteiger partial charge is 0.254 e. The van der Waals surface area contributed by atoms with Crippen molar-refractivity contribution >= 4 is 27.5 Å². The zero-order chi connectivity index (χ0) is 14.9. The summed E-state index contributed by atoms with van der Waals surface area (Å²) in [5, 5.41) is 9.29. The SMILES string of the molecule is CC1(C)CN(C(=O)c2ccc(N)c(Br)c2)CC(CO)O1. The van der Waals surface area contributed by atoms with Crippen LogP contribution in [0.15, 0.2) is 22.7 Å². The predicted octanol–water partition coefficient (Wildman–Crippen LogP) is 1.64. The van der Waals surface area contributed by atoms with Gasteiger partial charge in [-0.2, -0.15) is 0 Å². The van der Waals surface area contributed by atoms with Gasteiger partial charge in [0.25, 0.3) is 5.91 Å². The first-order valence-electron chi connectivity index (χ1n) is 6.45. The Bertz CT molecular complexity index is 519. The van der Waals surface area contributed by atoms with E-state index in [0.29, 0.717) is 28.8 Å². The summed E-state index contributed by atoms with van der Waals surface area (Å²) in [7, 11) is 0. The number of rotatable bonds is 2. The lowest BCUT2D eigenvalue weighted by Gasteiger charge is -2.42. The zero-order valence-electron chi connectivity index (χ0n) is 11.6. The number of hydrogen-bond donors (Lipinski definition) is 2. The summed E-state index contributed by atoms with van der Waals surface area (Å²) < 4.78 is 6.41. The Morgan fingerprint density at radius 1 is 1.60 bits per heavy atom. The molecule has 1 aliphatic heterocycles. The summed E-state index contributed by atoms with van der Waals surface area (Å²) in [6, 6.07) is 5.12. The Hall–Kier alpha value is -1.11. The lowest BCUT2D eigenvalue weighted by molar-refractivity contribution is -0.139. The maximum Gasteiger partial charge on any atom is 0.254 e. The molecule has 2 rings (SSSR count). The van der Waals surface area contributed by atoms with Gasteiger partial charge in [0, 0.05) is 28.8 Å². The van der Waals surface area contributed by atoms with Gasteiger partial charge in [-0.15, -0.1) is 0 Å². The Labute approximate surface area is 126 Å². The number of nitrogens with two attached hydrogens (primary N) is 1. The van der Waals surface area contributed by atoms with Crippen molar-refractivity contribution in [3.8, 4) is 0 Å². The topological polar surface area (TPSA) is 75.8 Å². The Morgan fingerprint density at radius 3 is 2.90 bits per heavy atom. The number of benzene rings is 1. The summed E-state index contributed by atoms with van der Waals surface area (Å²) in [4.78, 5) is 14.3. The van der Waals surface area contributed by atoms with Crippen molar-refractivity contribution in [2.45, 2.75) is 25.6 Å². The maximum absolute atomic E-state index is 12.5. The molecular weight excluding hydrogens is 324 g/mol. The van der Waals surface area contributed by atoms with Gasteiger partial charge < -0.3 is 20.5 Å². The molecule has 1 fully saturated rings. The molecule has 1 unspecified atom stereocenters. The van der Waals surface area contributed by atoms with Gasteiger partial charge in [0.1, 0.15) is 0 Å². The summed E-state index contributed by atoms with van der Waals surface area (Å²) in [5.41, 5.74) is 6.43. The monoisotopic (exact) mass is 342 g/mol. The average Bonchev–Trinajstić information content (AvgIpc) is 2.39. The van der Waals surface area contributed by atoms with Crippen molar-refractivity contribution in [1.29, 1.82) is 0 Å². The molecule has 1 heterocycles. The highest BCUT2D eigenvalue weighted by atomic mass is 79.9. The fourth-order valence-electron chi connectivity index (χ4n) is 2.39. The molecule has 0 aromatic heterocycles. The van der Waals surface area contributed by atoms with Crippen LogP contribution in [0.1, 0.15) is 24.2 Å². The van der Waals surface area contributed by atoms with E-state index in [4.69, 9.17) is 10.5 Å². The first-order chi connectivity index (χ1) is 9.32. The molecule has 20 heavy (non-hydrogen) atoms. The lowest BCUT2D eigenvalue weighted by Crippen LogP contribution is -2.55. The van der Waals surface area contributed by atoms with E-state index in [9.17, 15) is 9.90 Å². The number of ether oxygens (including phenoxy) is 1. The highest BCUT2D eigenvalue weighted by Crippen LogP contribution is 2.25. The molecule has 1 aliphatic rings. The Morgan fingerprint density at radius 2 is 2.30 bits per heavy atom. The molecule has 0 aliphatic carbocycles. The zero-order valence-corrected chi connectivity index (χ0v) is 13.2. The number of nitrogen functional groups attached to an aromatic ring is 1. The minimum atomic E-state index is -0.466. The minimum Gasteiger partial charge on any atom is -0.398 e. The van der Waals surface area contributed by atoms with Gasteiger partial charge in [0.05, 0.1) is 18.3 Å². The van der Waals surface area contributed by atoms with E-state index in [0.717, 1.165) is 0 Å². The molecule has 1 aromatic carbocycles. The van der Waals surface area contributed by atoms with Gasteiger partial charge in [0.2, 0.25) is 0 Å². The van der Waals surface area contributed by atoms with Gasteiger partial charge in [0.15, 0.2) is 0 Å². The van der Waals surface area contributed by atoms with Crippen LogP contribution < -0.4 is 5.73 Å².